The molecule has 0 bridgehead atoms. The molecule has 0 aliphatic heterocycles. The normalized spacial score (nSPS) is 11.4. The minimum Gasteiger partial charge on any atom is -0.493 e. The third kappa shape index (κ3) is 1.92. The molecule has 1 N–H and O–H groups in total. The summed E-state index contributed by atoms with van der Waals surface area (Å²) in [6.45, 7) is 0. The van der Waals surface area contributed by atoms with E-state index < -0.39 is 0 Å². The Balaban J connectivity index is 2.29. The Morgan fingerprint density at radius 3 is 2.17 bits per heavy atom. The molecule has 0 fully saturated rings. The molecule has 0 saturated heterocycles. The fourth-order valence-electron chi connectivity index (χ4n) is 2.82. The molecule has 6 nitrogen and oxygen atoms in total. The Labute approximate surface area is 129 Å². The van der Waals surface area contributed by atoms with E-state index in [1.807, 2.05) is 0 Å². The summed E-state index contributed by atoms with van der Waals surface area (Å²) < 4.78 is 21.7. The second-order valence-corrected chi connectivity index (χ2v) is 5.10. The SMILES string of the molecule is COc1cc2oc3cc(=O)cc4oc(O)cc(c2cc1OC)c43. The van der Waals surface area contributed by atoms with E-state index in [0.717, 1.165) is 0 Å². The van der Waals surface area contributed by atoms with Gasteiger partial charge in [-0.3, -0.25) is 4.79 Å². The van der Waals surface area contributed by atoms with Crippen LogP contribution in [-0.4, -0.2) is 19.3 Å². The predicted molar refractivity (Wildman–Crippen MR) is 84.5 cm³/mol. The zero-order valence-corrected chi connectivity index (χ0v) is 12.4. The molecular formula is C17H12O6. The van der Waals surface area contributed by atoms with Crippen LogP contribution in [0.3, 0.4) is 0 Å². The highest BCUT2D eigenvalue weighted by molar-refractivity contribution is 6.16. The predicted octanol–water partition coefficient (Wildman–Crippen LogP) is 3.42. The number of hydrogen-bond acceptors (Lipinski definition) is 6. The van der Waals surface area contributed by atoms with Crippen molar-refractivity contribution < 1.29 is 23.4 Å². The molecule has 0 aliphatic carbocycles. The van der Waals surface area contributed by atoms with Gasteiger partial charge in [-0.1, -0.05) is 0 Å². The topological polar surface area (TPSA) is 82.0 Å². The molecule has 2 aromatic carbocycles. The Morgan fingerprint density at radius 2 is 1.48 bits per heavy atom. The average molecular weight is 312 g/mol. The molecule has 0 radical (unpaired) electrons. The average Bonchev–Trinajstić information content (AvgIpc) is 2.52. The lowest BCUT2D eigenvalue weighted by molar-refractivity contribution is 0.341. The molecule has 0 atom stereocenters. The summed E-state index contributed by atoms with van der Waals surface area (Å²) in [6, 6.07) is 7.64. The molecule has 116 valence electrons. The summed E-state index contributed by atoms with van der Waals surface area (Å²) >= 11 is 0. The van der Waals surface area contributed by atoms with Crippen LogP contribution in [0.2, 0.25) is 0 Å². The maximum Gasteiger partial charge on any atom is 0.282 e. The van der Waals surface area contributed by atoms with Gasteiger partial charge in [0.1, 0.15) is 16.7 Å². The number of methoxy groups -OCH3 is 2. The lowest BCUT2D eigenvalue weighted by Gasteiger charge is -2.12. The van der Waals surface area contributed by atoms with Crippen molar-refractivity contribution in [2.24, 2.45) is 0 Å². The minimum atomic E-state index is -0.285. The van der Waals surface area contributed by atoms with Gasteiger partial charge in [0, 0.05) is 35.0 Å². The molecule has 0 spiro atoms. The maximum atomic E-state index is 11.8. The summed E-state index contributed by atoms with van der Waals surface area (Å²) in [7, 11) is 3.07. The lowest BCUT2D eigenvalue weighted by Crippen LogP contribution is -1.97. The van der Waals surface area contributed by atoms with E-state index in [9.17, 15) is 9.90 Å². The van der Waals surface area contributed by atoms with Crippen molar-refractivity contribution in [2.75, 3.05) is 14.2 Å². The van der Waals surface area contributed by atoms with E-state index in [0.29, 0.717) is 38.8 Å². The highest BCUT2D eigenvalue weighted by atomic mass is 16.5. The molecule has 0 aliphatic rings. The monoisotopic (exact) mass is 312 g/mol. The second-order valence-electron chi connectivity index (χ2n) is 5.10. The van der Waals surface area contributed by atoms with Crippen LogP contribution in [0, 0.1) is 0 Å². The van der Waals surface area contributed by atoms with Crippen molar-refractivity contribution in [1.29, 1.82) is 0 Å². The van der Waals surface area contributed by atoms with E-state index in [4.69, 9.17) is 18.3 Å². The van der Waals surface area contributed by atoms with Crippen LogP contribution in [0.25, 0.3) is 32.9 Å². The van der Waals surface area contributed by atoms with E-state index >= 15 is 0 Å². The number of hydrogen-bond donors (Lipinski definition) is 1. The molecule has 4 aromatic rings. The fourth-order valence-corrected chi connectivity index (χ4v) is 2.82. The van der Waals surface area contributed by atoms with E-state index in [1.54, 1.807) is 19.2 Å². The second kappa shape index (κ2) is 4.67. The quantitative estimate of drug-likeness (QED) is 0.451. The summed E-state index contributed by atoms with van der Waals surface area (Å²) in [5, 5.41) is 11.9. The van der Waals surface area contributed by atoms with E-state index in [1.165, 1.54) is 25.3 Å². The third-order valence-corrected chi connectivity index (χ3v) is 3.79. The number of benzene rings is 2. The van der Waals surface area contributed by atoms with Gasteiger partial charge in [0.25, 0.3) is 5.95 Å². The fraction of sp³-hybridized carbons (Fsp3) is 0.118. The van der Waals surface area contributed by atoms with Crippen LogP contribution in [0.4, 0.5) is 0 Å². The van der Waals surface area contributed by atoms with Gasteiger partial charge in [0.05, 0.1) is 19.6 Å². The zero-order chi connectivity index (χ0) is 16.1. The van der Waals surface area contributed by atoms with Crippen LogP contribution in [0.1, 0.15) is 0 Å². The number of aromatic hydroxyl groups is 1. The van der Waals surface area contributed by atoms with Gasteiger partial charge in [0.2, 0.25) is 0 Å². The van der Waals surface area contributed by atoms with Crippen LogP contribution in [-0.2, 0) is 0 Å². The summed E-state index contributed by atoms with van der Waals surface area (Å²) in [6.07, 6.45) is 0. The van der Waals surface area contributed by atoms with Gasteiger partial charge >= 0.3 is 0 Å². The highest BCUT2D eigenvalue weighted by Gasteiger charge is 2.16. The standard InChI is InChI=1S/C17H12O6/c1-20-12-5-9-10-6-16(19)23-15-4-8(18)3-14(17(10)15)22-11(9)7-13(12)21-2/h3-7,19H,1-2H3. The third-order valence-electron chi connectivity index (χ3n) is 3.79. The van der Waals surface area contributed by atoms with Gasteiger partial charge in [-0.25, -0.2) is 0 Å². The van der Waals surface area contributed by atoms with Crippen molar-refractivity contribution in [1.82, 2.24) is 0 Å². The molecule has 0 amide bonds. The highest BCUT2D eigenvalue weighted by Crippen LogP contribution is 2.40. The number of ether oxygens (including phenoxy) is 2. The van der Waals surface area contributed by atoms with Gasteiger partial charge in [-0.15, -0.1) is 0 Å². The largest absolute Gasteiger partial charge is 0.493 e. The first-order chi connectivity index (χ1) is 11.1. The van der Waals surface area contributed by atoms with Crippen LogP contribution < -0.4 is 14.9 Å². The Morgan fingerprint density at radius 1 is 0.826 bits per heavy atom. The zero-order valence-electron chi connectivity index (χ0n) is 12.4. The lowest BCUT2D eigenvalue weighted by atomic mass is 10.1. The first kappa shape index (κ1) is 13.5. The van der Waals surface area contributed by atoms with Gasteiger partial charge in [-0.05, 0) is 6.07 Å². The molecule has 23 heavy (non-hydrogen) atoms. The Kier molecular flexibility index (Phi) is 2.74. The van der Waals surface area contributed by atoms with Gasteiger partial charge in [-0.2, -0.15) is 0 Å². The first-order valence-electron chi connectivity index (χ1n) is 6.86. The van der Waals surface area contributed by atoms with Gasteiger partial charge < -0.3 is 23.4 Å². The van der Waals surface area contributed by atoms with Crippen molar-refractivity contribution >= 4 is 32.9 Å². The van der Waals surface area contributed by atoms with Crippen LogP contribution in [0.15, 0.2) is 44.0 Å². The Hall–Kier alpha value is -3.15. The molecule has 0 saturated carbocycles. The number of rotatable bonds is 2. The summed E-state index contributed by atoms with van der Waals surface area (Å²) in [4.78, 5) is 11.8. The van der Waals surface area contributed by atoms with Gasteiger partial charge in [0.15, 0.2) is 16.9 Å². The van der Waals surface area contributed by atoms with Crippen molar-refractivity contribution in [3.63, 3.8) is 0 Å². The van der Waals surface area contributed by atoms with E-state index in [2.05, 4.69) is 0 Å². The van der Waals surface area contributed by atoms with Crippen LogP contribution in [0.5, 0.6) is 17.4 Å². The Bertz CT molecular complexity index is 1120. The maximum absolute atomic E-state index is 11.8. The molecule has 6 heteroatoms. The number of fused-ring (bicyclic) bond motifs is 2. The van der Waals surface area contributed by atoms with Crippen LogP contribution >= 0.6 is 0 Å². The minimum absolute atomic E-state index is 0.267. The summed E-state index contributed by atoms with van der Waals surface area (Å²) in [5.41, 5.74) is 0.887. The molecule has 0 unspecified atom stereocenters. The summed E-state index contributed by atoms with van der Waals surface area (Å²) in [5.74, 6) is 0.757. The smallest absolute Gasteiger partial charge is 0.282 e. The molecular weight excluding hydrogens is 300 g/mol. The molecule has 4 rings (SSSR count). The van der Waals surface area contributed by atoms with Crippen molar-refractivity contribution in [3.8, 4) is 17.4 Å². The molecule has 2 heterocycles. The van der Waals surface area contributed by atoms with Crippen molar-refractivity contribution in [3.05, 3.63) is 40.6 Å². The molecule has 2 aromatic heterocycles. The van der Waals surface area contributed by atoms with Crippen molar-refractivity contribution in [2.45, 2.75) is 0 Å². The van der Waals surface area contributed by atoms with E-state index in [-0.39, 0.29) is 17.0 Å². The first-order valence-corrected chi connectivity index (χ1v) is 6.86.